The number of anilines is 1. The van der Waals surface area contributed by atoms with Crippen LogP contribution in [0.1, 0.15) is 86.9 Å². The van der Waals surface area contributed by atoms with Crippen molar-refractivity contribution in [3.63, 3.8) is 0 Å². The van der Waals surface area contributed by atoms with Crippen molar-refractivity contribution in [3.8, 4) is 23.0 Å². The second-order valence-corrected chi connectivity index (χ2v) is 20.7. The highest BCUT2D eigenvalue weighted by atomic mass is 35.5. The van der Waals surface area contributed by atoms with Crippen molar-refractivity contribution in [2.24, 2.45) is 11.8 Å². The van der Waals surface area contributed by atoms with E-state index in [4.69, 9.17) is 11.6 Å². The summed E-state index contributed by atoms with van der Waals surface area (Å²) in [5, 5.41) is 18.6. The van der Waals surface area contributed by atoms with Gasteiger partial charge in [-0.3, -0.25) is 28.0 Å². The summed E-state index contributed by atoms with van der Waals surface area (Å²) in [4.78, 5) is 44.1. The number of carboxylic acid groups (broad SMARTS) is 1. The molecule has 1 fully saturated rings. The summed E-state index contributed by atoms with van der Waals surface area (Å²) in [5.74, 6) is -6.53. The molecule has 0 aliphatic heterocycles. The van der Waals surface area contributed by atoms with Crippen molar-refractivity contribution in [2.45, 2.75) is 102 Å². The van der Waals surface area contributed by atoms with Gasteiger partial charge in [-0.15, -0.1) is 0 Å². The lowest BCUT2D eigenvalue weighted by Crippen LogP contribution is -2.44. The maximum Gasteiger partial charge on any atom is 0.435 e. The van der Waals surface area contributed by atoms with Crippen LogP contribution in [0.5, 0.6) is 0 Å². The molecule has 72 heavy (non-hydrogen) atoms. The number of benzene rings is 2. The van der Waals surface area contributed by atoms with Gasteiger partial charge in [0, 0.05) is 58.4 Å². The molecule has 0 spiro atoms. The van der Waals surface area contributed by atoms with E-state index in [9.17, 15) is 63.0 Å². The quantitative estimate of drug-likeness (QED) is 0.0863. The zero-order chi connectivity index (χ0) is 53.6. The Kier molecular flexibility index (Phi) is 16.1. The Balaban J connectivity index is 0.00000418. The van der Waals surface area contributed by atoms with Crippen LogP contribution in [0, 0.1) is 35.3 Å². The summed E-state index contributed by atoms with van der Waals surface area (Å²) < 4.78 is 171. The Morgan fingerprint density at radius 3 is 2.14 bits per heavy atom. The number of aliphatic carboxylic acids is 1. The largest absolute Gasteiger partial charge is 0.481 e. The number of pyridine rings is 1. The van der Waals surface area contributed by atoms with Gasteiger partial charge in [-0.2, -0.15) is 45.3 Å². The molecule has 0 radical (unpaired) electrons. The number of nitrogens with zero attached hydrogens (tertiary/aromatic N) is 6. The first-order valence-electron chi connectivity index (χ1n) is 21.8. The van der Waals surface area contributed by atoms with Crippen LogP contribution >= 0.6 is 11.6 Å². The predicted octanol–water partition coefficient (Wildman–Crippen LogP) is 9.22. The number of hydrogen-bond donors (Lipinski definition) is 2. The molecule has 3 atom stereocenters. The van der Waals surface area contributed by atoms with Crippen molar-refractivity contribution in [1.82, 2.24) is 29.9 Å². The summed E-state index contributed by atoms with van der Waals surface area (Å²) in [6.45, 7) is 3.93. The highest BCUT2D eigenvalue weighted by molar-refractivity contribution is 7.86. The number of rotatable bonds is 13. The summed E-state index contributed by atoms with van der Waals surface area (Å²) >= 11 is 6.69. The second kappa shape index (κ2) is 20.9. The monoisotopic (exact) mass is 1080 g/mol. The minimum Gasteiger partial charge on any atom is -0.481 e. The van der Waals surface area contributed by atoms with E-state index in [0.717, 1.165) is 18.4 Å². The Hall–Kier alpha value is -5.87. The van der Waals surface area contributed by atoms with Gasteiger partial charge in [0.15, 0.2) is 11.5 Å². The topological polar surface area (TPSA) is 169 Å². The minimum atomic E-state index is -5.20. The van der Waals surface area contributed by atoms with Crippen molar-refractivity contribution in [2.75, 3.05) is 16.8 Å². The van der Waals surface area contributed by atoms with Crippen LogP contribution in [0.25, 0.3) is 22.0 Å². The number of amides is 2. The molecule has 0 bridgehead atoms. The molecule has 1 saturated carbocycles. The van der Waals surface area contributed by atoms with E-state index < -0.39 is 153 Å². The molecule has 13 nitrogen and oxygen atoms in total. The first-order valence-corrected chi connectivity index (χ1v) is 25.2. The normalized spacial score (nSPS) is 17.6. The van der Waals surface area contributed by atoms with Crippen LogP contribution in [0.3, 0.4) is 0 Å². The van der Waals surface area contributed by atoms with E-state index >= 15 is 8.78 Å². The standard InChI is InChI=1S/C44H38ClF10N7O6S2.C2H6/c1-41(2,69(3)67)11-9-26-5-6-27(28-7-8-30(45)33-35(28)61(20-43(50,51)52)59-38(33)62(70(4)68)39(64)22-16-23(17-22)40(65)66)34(56-26)31(15-21-13-24(46)18-25(47)14-21)57-32(63)19-60-37-29(10-12-42(37,48)49)36(58-60)44(53,54)55;1-2/h5-8,13-14,18,22-23,31H,10,12,15-17,19-20H2,1-4H3,(H,57,63)(H,65,66);1-2H3. The highest BCUT2D eigenvalue weighted by Gasteiger charge is 2.50. The summed E-state index contributed by atoms with van der Waals surface area (Å²) in [6.07, 6.45) is -10.6. The fraction of sp³-hybridized carbons (Fsp3) is 0.435. The Bertz CT molecular complexity index is 3050. The van der Waals surface area contributed by atoms with Gasteiger partial charge in [0.1, 0.15) is 51.8 Å². The van der Waals surface area contributed by atoms with Gasteiger partial charge in [0.25, 0.3) is 5.92 Å². The fourth-order valence-corrected chi connectivity index (χ4v) is 9.42. The maximum atomic E-state index is 15.1. The zero-order valence-electron chi connectivity index (χ0n) is 38.9. The number of carbonyl (C=O) groups is 3. The average Bonchev–Trinajstić information content (AvgIpc) is 3.90. The van der Waals surface area contributed by atoms with Crippen molar-refractivity contribution in [1.29, 1.82) is 0 Å². The third-order valence-corrected chi connectivity index (χ3v) is 14.5. The zero-order valence-corrected chi connectivity index (χ0v) is 41.3. The average molecular weight is 1080 g/mol. The molecule has 388 valence electrons. The SMILES string of the molecule is CC.CS(=O)N(C(=O)C1CC(C(=O)O)C1)c1nn(CC(F)(F)F)c2c(-c3ccc(C#CC(C)(C)S(C)=O)nc3C(Cc3cc(F)cc(F)c3)NC(=O)Cn3nc(C(F)(F)F)c4c3C(F)(F)CC4)ccc(Cl)c12. The van der Waals surface area contributed by atoms with Gasteiger partial charge in [-0.05, 0) is 81.3 Å². The smallest absolute Gasteiger partial charge is 0.435 e. The number of aromatic nitrogens is 5. The van der Waals surface area contributed by atoms with Crippen molar-refractivity contribution in [3.05, 3.63) is 93.0 Å². The van der Waals surface area contributed by atoms with Gasteiger partial charge in [0.2, 0.25) is 11.8 Å². The van der Waals surface area contributed by atoms with Gasteiger partial charge in [0.05, 0.1) is 33.6 Å². The molecule has 2 N–H and O–H groups in total. The highest BCUT2D eigenvalue weighted by Crippen LogP contribution is 2.47. The lowest BCUT2D eigenvalue weighted by Gasteiger charge is -2.33. The van der Waals surface area contributed by atoms with Crippen LogP contribution in [-0.2, 0) is 74.2 Å². The number of hydrogen-bond acceptors (Lipinski definition) is 8. The van der Waals surface area contributed by atoms with E-state index in [1.165, 1.54) is 44.4 Å². The maximum absolute atomic E-state index is 15.1. The molecule has 7 rings (SSSR count). The number of halogens is 11. The fourth-order valence-electron chi connectivity index (χ4n) is 8.21. The number of carbonyl (C=O) groups excluding carboxylic acids is 2. The van der Waals surface area contributed by atoms with Crippen molar-refractivity contribution < 1.29 is 71.8 Å². The molecule has 3 aromatic heterocycles. The molecule has 2 amide bonds. The molecule has 2 aliphatic carbocycles. The molecule has 2 aromatic carbocycles. The van der Waals surface area contributed by atoms with E-state index in [2.05, 4.69) is 32.3 Å². The molecule has 3 unspecified atom stereocenters. The summed E-state index contributed by atoms with van der Waals surface area (Å²) in [6, 6.07) is 5.43. The van der Waals surface area contributed by atoms with Crippen LogP contribution in [-0.4, -0.2) is 79.3 Å². The number of alkyl halides is 8. The predicted molar refractivity (Wildman–Crippen MR) is 246 cm³/mol. The number of fused-ring (bicyclic) bond motifs is 2. The minimum absolute atomic E-state index is 0.144. The second-order valence-electron chi connectivity index (χ2n) is 17.2. The summed E-state index contributed by atoms with van der Waals surface area (Å²) in [7, 11) is -3.92. The molecular weight excluding hydrogens is 1040 g/mol. The number of nitrogens with one attached hydrogen (secondary N) is 1. The molecule has 5 aromatic rings. The van der Waals surface area contributed by atoms with E-state index in [1.54, 1.807) is 0 Å². The summed E-state index contributed by atoms with van der Waals surface area (Å²) in [5.41, 5.74) is -5.20. The molecule has 0 saturated heterocycles. The van der Waals surface area contributed by atoms with Gasteiger partial charge >= 0.3 is 18.3 Å². The van der Waals surface area contributed by atoms with Crippen LogP contribution in [0.4, 0.5) is 49.7 Å². The van der Waals surface area contributed by atoms with Gasteiger partial charge in [-0.25, -0.2) is 22.3 Å². The lowest BCUT2D eigenvalue weighted by molar-refractivity contribution is -0.148. The van der Waals surface area contributed by atoms with Crippen molar-refractivity contribution >= 4 is 67.9 Å². The first-order chi connectivity index (χ1) is 33.5. The van der Waals surface area contributed by atoms with E-state index in [0.29, 0.717) is 15.1 Å². The third-order valence-electron chi connectivity index (χ3n) is 11.7. The molecule has 26 heteroatoms. The van der Waals surface area contributed by atoms with E-state index in [-0.39, 0.29) is 56.0 Å². The molecule has 2 aliphatic rings. The molecular formula is C46H44ClF10N7O6S2. The van der Waals surface area contributed by atoms with Gasteiger partial charge < -0.3 is 10.4 Å². The number of carboxylic acids is 1. The lowest BCUT2D eigenvalue weighted by atomic mass is 9.74. The van der Waals surface area contributed by atoms with Crippen LogP contribution in [0.15, 0.2) is 42.5 Å². The Morgan fingerprint density at radius 2 is 1.57 bits per heavy atom. The van der Waals surface area contributed by atoms with Crippen LogP contribution < -0.4 is 9.62 Å². The molecule has 3 heterocycles. The Labute approximate surface area is 414 Å². The van der Waals surface area contributed by atoms with Crippen LogP contribution in [0.2, 0.25) is 5.02 Å². The first kappa shape index (κ1) is 55.4. The van der Waals surface area contributed by atoms with E-state index in [1.807, 2.05) is 13.8 Å². The van der Waals surface area contributed by atoms with Gasteiger partial charge in [-0.1, -0.05) is 37.4 Å². The Morgan fingerprint density at radius 1 is 0.944 bits per heavy atom. The third kappa shape index (κ3) is 11.8.